The smallest absolute Gasteiger partial charge is 0.256 e. The lowest BCUT2D eigenvalue weighted by molar-refractivity contribution is 0.281. The molecule has 4 nitrogen and oxygen atoms in total. The molecule has 78 valence electrons. The predicted molar refractivity (Wildman–Crippen MR) is 62.5 cm³/mol. The number of aromatic amines is 1. The van der Waals surface area contributed by atoms with Crippen LogP contribution in [0.2, 0.25) is 0 Å². The highest BCUT2D eigenvalue weighted by atomic mass is 32.1. The predicted octanol–water partition coefficient (Wildman–Crippen LogP) is 1.58. The number of para-hydroxylation sites is 2. The van der Waals surface area contributed by atoms with Gasteiger partial charge in [0.2, 0.25) is 0 Å². The van der Waals surface area contributed by atoms with Gasteiger partial charge in [0.1, 0.15) is 12.4 Å². The fourth-order valence-electron chi connectivity index (χ4n) is 1.28. The molecule has 0 saturated carbocycles. The molecule has 1 aromatic heterocycles. The maximum atomic E-state index is 5.23. The fourth-order valence-corrected chi connectivity index (χ4v) is 1.34. The van der Waals surface area contributed by atoms with Gasteiger partial charge in [-0.1, -0.05) is 12.1 Å². The summed E-state index contributed by atoms with van der Waals surface area (Å²) in [6, 6.07) is 7.84. The van der Waals surface area contributed by atoms with Crippen molar-refractivity contribution in [1.82, 2.24) is 15.3 Å². The van der Waals surface area contributed by atoms with Gasteiger partial charge in [0.15, 0.2) is 0 Å². The van der Waals surface area contributed by atoms with Crippen molar-refractivity contribution in [3.63, 3.8) is 0 Å². The average molecular weight is 221 g/mol. The van der Waals surface area contributed by atoms with E-state index in [2.05, 4.69) is 15.3 Å². The molecule has 0 unspecified atom stereocenters. The van der Waals surface area contributed by atoms with Gasteiger partial charge in [-0.15, -0.1) is 0 Å². The lowest BCUT2D eigenvalue weighted by Gasteiger charge is -2.03. The third kappa shape index (κ3) is 2.24. The minimum absolute atomic E-state index is 0.356. The van der Waals surface area contributed by atoms with E-state index in [1.807, 2.05) is 24.3 Å². The summed E-state index contributed by atoms with van der Waals surface area (Å²) in [6.07, 6.45) is 0. The molecular formula is C10H11N3OS. The summed E-state index contributed by atoms with van der Waals surface area (Å²) < 4.78 is 5.23. The number of benzene rings is 1. The Labute approximate surface area is 92.7 Å². The number of ether oxygens (including phenoxy) is 1. The number of fused-ring (bicyclic) bond motifs is 1. The van der Waals surface area contributed by atoms with E-state index in [1.165, 1.54) is 0 Å². The second-order valence-corrected chi connectivity index (χ2v) is 3.40. The molecular weight excluding hydrogens is 210 g/mol. The van der Waals surface area contributed by atoms with Crippen LogP contribution < -0.4 is 5.32 Å². The summed E-state index contributed by atoms with van der Waals surface area (Å²) in [7, 11) is 1.72. The van der Waals surface area contributed by atoms with Gasteiger partial charge in [-0.25, -0.2) is 4.98 Å². The second kappa shape index (κ2) is 4.27. The van der Waals surface area contributed by atoms with Crippen molar-refractivity contribution in [2.75, 3.05) is 7.05 Å². The average Bonchev–Trinajstić information content (AvgIpc) is 2.68. The number of hydrogen-bond donors (Lipinski definition) is 2. The molecule has 0 bridgehead atoms. The first-order valence-corrected chi connectivity index (χ1v) is 4.98. The normalized spacial score (nSPS) is 10.2. The van der Waals surface area contributed by atoms with Gasteiger partial charge < -0.3 is 15.0 Å². The van der Waals surface area contributed by atoms with Crippen LogP contribution in [0.1, 0.15) is 5.82 Å². The molecule has 0 saturated heterocycles. The Morgan fingerprint density at radius 1 is 1.53 bits per heavy atom. The molecule has 0 radical (unpaired) electrons. The molecule has 2 aromatic rings. The van der Waals surface area contributed by atoms with Crippen LogP contribution in [0.5, 0.6) is 0 Å². The van der Waals surface area contributed by atoms with Gasteiger partial charge in [-0.2, -0.15) is 0 Å². The van der Waals surface area contributed by atoms with E-state index >= 15 is 0 Å². The molecule has 0 fully saturated rings. The highest BCUT2D eigenvalue weighted by Gasteiger charge is 2.02. The van der Waals surface area contributed by atoms with Gasteiger partial charge in [-0.05, 0) is 24.4 Å². The van der Waals surface area contributed by atoms with Crippen LogP contribution in [0.25, 0.3) is 11.0 Å². The highest BCUT2D eigenvalue weighted by molar-refractivity contribution is 7.80. The Morgan fingerprint density at radius 2 is 2.33 bits per heavy atom. The van der Waals surface area contributed by atoms with E-state index in [4.69, 9.17) is 17.0 Å². The molecule has 0 amide bonds. The van der Waals surface area contributed by atoms with Crippen LogP contribution in [0.4, 0.5) is 0 Å². The molecule has 2 rings (SSSR count). The molecule has 0 spiro atoms. The SMILES string of the molecule is CNC(=S)OCc1nc2ccccc2[nH]1. The zero-order chi connectivity index (χ0) is 10.7. The molecule has 1 heterocycles. The van der Waals surface area contributed by atoms with E-state index in [0.29, 0.717) is 11.8 Å². The Morgan fingerprint density at radius 3 is 3.07 bits per heavy atom. The maximum absolute atomic E-state index is 5.23. The summed E-state index contributed by atoms with van der Waals surface area (Å²) >= 11 is 4.86. The minimum atomic E-state index is 0.356. The summed E-state index contributed by atoms with van der Waals surface area (Å²) in [5.41, 5.74) is 1.94. The van der Waals surface area contributed by atoms with E-state index < -0.39 is 0 Å². The summed E-state index contributed by atoms with van der Waals surface area (Å²) in [4.78, 5) is 7.50. The zero-order valence-corrected chi connectivity index (χ0v) is 9.10. The lowest BCUT2D eigenvalue weighted by Crippen LogP contribution is -2.18. The monoisotopic (exact) mass is 221 g/mol. The molecule has 15 heavy (non-hydrogen) atoms. The quantitative estimate of drug-likeness (QED) is 0.756. The maximum Gasteiger partial charge on any atom is 0.256 e. The number of rotatable bonds is 2. The van der Waals surface area contributed by atoms with Crippen molar-refractivity contribution in [2.45, 2.75) is 6.61 Å². The van der Waals surface area contributed by atoms with Gasteiger partial charge >= 0.3 is 0 Å². The largest absolute Gasteiger partial charge is 0.463 e. The molecule has 2 N–H and O–H groups in total. The molecule has 0 aliphatic rings. The third-order valence-corrected chi connectivity index (χ3v) is 2.30. The molecule has 0 aliphatic carbocycles. The number of imidazole rings is 1. The third-order valence-electron chi connectivity index (χ3n) is 1.98. The van der Waals surface area contributed by atoms with Crippen molar-refractivity contribution in [3.8, 4) is 0 Å². The molecule has 1 aromatic carbocycles. The second-order valence-electron chi connectivity index (χ2n) is 3.03. The van der Waals surface area contributed by atoms with Crippen molar-refractivity contribution < 1.29 is 4.74 Å². The van der Waals surface area contributed by atoms with E-state index in [-0.39, 0.29) is 0 Å². The van der Waals surface area contributed by atoms with Crippen LogP contribution in [0.3, 0.4) is 0 Å². The Kier molecular flexibility index (Phi) is 2.82. The molecule has 0 atom stereocenters. The topological polar surface area (TPSA) is 49.9 Å². The molecule has 0 aliphatic heterocycles. The van der Waals surface area contributed by atoms with Crippen molar-refractivity contribution >= 4 is 28.4 Å². The standard InChI is InChI=1S/C10H11N3OS/c1-11-10(15)14-6-9-12-7-4-2-3-5-8(7)13-9/h2-5H,6H2,1H3,(H,11,15)(H,12,13). The first kappa shape index (κ1) is 9.92. The van der Waals surface area contributed by atoms with E-state index in [0.717, 1.165) is 16.9 Å². The Balaban J connectivity index is 2.12. The summed E-state index contributed by atoms with van der Waals surface area (Å²) in [5, 5.41) is 3.11. The van der Waals surface area contributed by atoms with E-state index in [9.17, 15) is 0 Å². The highest BCUT2D eigenvalue weighted by Crippen LogP contribution is 2.10. The first-order valence-electron chi connectivity index (χ1n) is 4.58. The van der Waals surface area contributed by atoms with Crippen molar-refractivity contribution in [2.24, 2.45) is 0 Å². The number of thiocarbonyl (C=S) groups is 1. The van der Waals surface area contributed by atoms with Crippen LogP contribution in [0, 0.1) is 0 Å². The Hall–Kier alpha value is -1.62. The number of H-pyrrole nitrogens is 1. The Bertz CT molecular complexity index is 447. The molecule has 5 heteroatoms. The number of nitrogens with zero attached hydrogens (tertiary/aromatic N) is 1. The summed E-state index contributed by atoms with van der Waals surface area (Å²) in [6.45, 7) is 0.356. The number of aromatic nitrogens is 2. The number of nitrogens with one attached hydrogen (secondary N) is 2. The van der Waals surface area contributed by atoms with Gasteiger partial charge in [-0.3, -0.25) is 0 Å². The van der Waals surface area contributed by atoms with Gasteiger partial charge in [0, 0.05) is 7.05 Å². The van der Waals surface area contributed by atoms with Gasteiger partial charge in [0.25, 0.3) is 5.17 Å². The summed E-state index contributed by atoms with van der Waals surface area (Å²) in [5.74, 6) is 0.772. The van der Waals surface area contributed by atoms with Gasteiger partial charge in [0.05, 0.1) is 11.0 Å². The number of hydrogen-bond acceptors (Lipinski definition) is 3. The minimum Gasteiger partial charge on any atom is -0.463 e. The van der Waals surface area contributed by atoms with E-state index in [1.54, 1.807) is 7.05 Å². The first-order chi connectivity index (χ1) is 7.29. The van der Waals surface area contributed by atoms with Crippen molar-refractivity contribution in [3.05, 3.63) is 30.1 Å². The van der Waals surface area contributed by atoms with Crippen molar-refractivity contribution in [1.29, 1.82) is 0 Å². The fraction of sp³-hybridized carbons (Fsp3) is 0.200. The van der Waals surface area contributed by atoms with Crippen LogP contribution in [-0.4, -0.2) is 22.2 Å². The van der Waals surface area contributed by atoms with Crippen LogP contribution in [0.15, 0.2) is 24.3 Å². The lowest BCUT2D eigenvalue weighted by atomic mass is 10.3. The van der Waals surface area contributed by atoms with Crippen LogP contribution >= 0.6 is 12.2 Å². The zero-order valence-electron chi connectivity index (χ0n) is 8.28. The van der Waals surface area contributed by atoms with Crippen LogP contribution in [-0.2, 0) is 11.3 Å².